The molecule has 0 aromatic heterocycles. The van der Waals surface area contributed by atoms with Crippen LogP contribution in [0.25, 0.3) is 0 Å². The van der Waals surface area contributed by atoms with E-state index in [4.69, 9.17) is 4.74 Å². The van der Waals surface area contributed by atoms with Crippen LogP contribution < -0.4 is 10.6 Å². The van der Waals surface area contributed by atoms with Gasteiger partial charge in [-0.25, -0.2) is 4.79 Å². The summed E-state index contributed by atoms with van der Waals surface area (Å²) in [5.41, 5.74) is -0.487. The first-order valence-corrected chi connectivity index (χ1v) is 8.59. The summed E-state index contributed by atoms with van der Waals surface area (Å²) < 4.78 is 5.43. The van der Waals surface area contributed by atoms with Crippen molar-refractivity contribution in [3.63, 3.8) is 0 Å². The Labute approximate surface area is 143 Å². The Bertz CT molecular complexity index is 500. The Balaban J connectivity index is 1.79. The monoisotopic (exact) mass is 339 g/mol. The molecule has 2 heterocycles. The van der Waals surface area contributed by atoms with Gasteiger partial charge in [0.2, 0.25) is 5.91 Å². The van der Waals surface area contributed by atoms with Crippen LogP contribution >= 0.6 is 0 Å². The van der Waals surface area contributed by atoms with E-state index in [1.807, 2.05) is 27.7 Å². The lowest BCUT2D eigenvalue weighted by atomic mass is 10.2. The van der Waals surface area contributed by atoms with Crippen LogP contribution in [0.2, 0.25) is 0 Å². The lowest BCUT2D eigenvalue weighted by Gasteiger charge is -2.39. The molecule has 0 saturated carbocycles. The standard InChI is InChI=1S/C16H29N5O3/c1-5-6-17-13(22)10-19-14-18-9-12-11-20(7-8-21(12)14)15(23)24-16(2,3)4/h12H,5-11H2,1-4H3,(H,17,22)(H,18,19). The lowest BCUT2D eigenvalue weighted by molar-refractivity contribution is -0.120. The summed E-state index contributed by atoms with van der Waals surface area (Å²) in [5, 5.41) is 5.93. The number of ether oxygens (including phenoxy) is 1. The van der Waals surface area contributed by atoms with E-state index in [1.54, 1.807) is 4.90 Å². The predicted molar refractivity (Wildman–Crippen MR) is 91.9 cm³/mol. The van der Waals surface area contributed by atoms with E-state index < -0.39 is 5.60 Å². The van der Waals surface area contributed by atoms with Crippen LogP contribution in [0.5, 0.6) is 0 Å². The zero-order valence-corrected chi connectivity index (χ0v) is 15.1. The minimum absolute atomic E-state index is 0.0320. The fourth-order valence-corrected chi connectivity index (χ4v) is 2.71. The molecule has 2 aliphatic rings. The van der Waals surface area contributed by atoms with Crippen molar-refractivity contribution in [1.29, 1.82) is 0 Å². The highest BCUT2D eigenvalue weighted by Crippen LogP contribution is 2.18. The Kier molecular flexibility index (Phi) is 5.90. The van der Waals surface area contributed by atoms with Crippen molar-refractivity contribution in [2.75, 3.05) is 39.3 Å². The summed E-state index contributed by atoms with van der Waals surface area (Å²) in [4.78, 5) is 32.2. The second kappa shape index (κ2) is 7.72. The van der Waals surface area contributed by atoms with Gasteiger partial charge in [0.15, 0.2) is 5.96 Å². The van der Waals surface area contributed by atoms with E-state index in [9.17, 15) is 9.59 Å². The Hall–Kier alpha value is -1.99. The van der Waals surface area contributed by atoms with Crippen LogP contribution in [0.3, 0.4) is 0 Å². The van der Waals surface area contributed by atoms with Crippen molar-refractivity contribution in [3.05, 3.63) is 0 Å². The van der Waals surface area contributed by atoms with Gasteiger partial charge in [0.25, 0.3) is 0 Å². The maximum absolute atomic E-state index is 12.2. The molecule has 0 aromatic rings. The van der Waals surface area contributed by atoms with Gasteiger partial charge in [-0.3, -0.25) is 9.79 Å². The number of nitrogens with one attached hydrogen (secondary N) is 2. The molecule has 2 aliphatic heterocycles. The number of guanidine groups is 1. The first-order valence-electron chi connectivity index (χ1n) is 8.59. The van der Waals surface area contributed by atoms with Crippen LogP contribution in [-0.4, -0.2) is 78.7 Å². The number of piperazine rings is 1. The van der Waals surface area contributed by atoms with Gasteiger partial charge >= 0.3 is 6.09 Å². The molecule has 2 N–H and O–H groups in total. The fourth-order valence-electron chi connectivity index (χ4n) is 2.71. The molecule has 0 spiro atoms. The van der Waals surface area contributed by atoms with Gasteiger partial charge in [-0.05, 0) is 27.2 Å². The number of carbonyl (C=O) groups is 2. The number of rotatable bonds is 4. The molecule has 8 heteroatoms. The molecule has 1 unspecified atom stereocenters. The molecule has 0 radical (unpaired) electrons. The molecule has 136 valence electrons. The van der Waals surface area contributed by atoms with Crippen molar-refractivity contribution in [2.45, 2.75) is 45.8 Å². The molecule has 0 bridgehead atoms. The van der Waals surface area contributed by atoms with Gasteiger partial charge in [0.1, 0.15) is 5.60 Å². The van der Waals surface area contributed by atoms with E-state index in [0.717, 1.165) is 12.4 Å². The molecule has 24 heavy (non-hydrogen) atoms. The Morgan fingerprint density at radius 3 is 2.75 bits per heavy atom. The van der Waals surface area contributed by atoms with Crippen LogP contribution in [0.15, 0.2) is 4.99 Å². The third-order valence-corrected chi connectivity index (χ3v) is 3.84. The van der Waals surface area contributed by atoms with Gasteiger partial charge in [-0.15, -0.1) is 0 Å². The van der Waals surface area contributed by atoms with Crippen LogP contribution in [0, 0.1) is 0 Å². The molecule has 2 rings (SSSR count). The molecular formula is C16H29N5O3. The highest BCUT2D eigenvalue weighted by molar-refractivity contribution is 5.87. The van der Waals surface area contributed by atoms with Gasteiger partial charge in [-0.2, -0.15) is 0 Å². The van der Waals surface area contributed by atoms with E-state index in [2.05, 4.69) is 20.5 Å². The normalized spacial score (nSPS) is 20.3. The number of hydrogen-bond acceptors (Lipinski definition) is 6. The van der Waals surface area contributed by atoms with Crippen molar-refractivity contribution >= 4 is 18.0 Å². The van der Waals surface area contributed by atoms with Crippen molar-refractivity contribution in [1.82, 2.24) is 20.4 Å². The maximum Gasteiger partial charge on any atom is 0.410 e. The first-order chi connectivity index (χ1) is 11.3. The second-order valence-electron chi connectivity index (χ2n) is 7.14. The van der Waals surface area contributed by atoms with E-state index in [-0.39, 0.29) is 24.6 Å². The average Bonchev–Trinajstić information content (AvgIpc) is 2.91. The number of carbonyl (C=O) groups excluding carboxylic acids is 2. The number of aliphatic imine (C=N–C) groups is 1. The van der Waals surface area contributed by atoms with Gasteiger partial charge in [-0.1, -0.05) is 6.92 Å². The predicted octanol–water partition coefficient (Wildman–Crippen LogP) is 0.393. The van der Waals surface area contributed by atoms with Gasteiger partial charge in [0.05, 0.1) is 19.1 Å². The smallest absolute Gasteiger partial charge is 0.410 e. The summed E-state index contributed by atoms with van der Waals surface area (Å²) in [6, 6.07) is 0.146. The average molecular weight is 339 g/mol. The number of hydrogen-bond donors (Lipinski definition) is 2. The van der Waals surface area contributed by atoms with E-state index in [0.29, 0.717) is 32.7 Å². The molecule has 8 nitrogen and oxygen atoms in total. The highest BCUT2D eigenvalue weighted by Gasteiger charge is 2.36. The summed E-state index contributed by atoms with van der Waals surface area (Å²) >= 11 is 0. The second-order valence-corrected chi connectivity index (χ2v) is 7.14. The van der Waals surface area contributed by atoms with Gasteiger partial charge < -0.3 is 25.2 Å². The van der Waals surface area contributed by atoms with E-state index in [1.165, 1.54) is 0 Å². The highest BCUT2D eigenvalue weighted by atomic mass is 16.6. The third-order valence-electron chi connectivity index (χ3n) is 3.84. The van der Waals surface area contributed by atoms with Crippen molar-refractivity contribution < 1.29 is 14.3 Å². The summed E-state index contributed by atoms with van der Waals surface area (Å²) in [6.45, 7) is 11.0. The van der Waals surface area contributed by atoms with Crippen LogP contribution in [-0.2, 0) is 9.53 Å². The zero-order chi connectivity index (χ0) is 17.7. The molecule has 2 amide bonds. The summed E-state index contributed by atoms with van der Waals surface area (Å²) in [7, 11) is 0. The number of nitrogens with zero attached hydrogens (tertiary/aromatic N) is 3. The zero-order valence-electron chi connectivity index (χ0n) is 15.1. The number of fused-ring (bicyclic) bond motifs is 1. The van der Waals surface area contributed by atoms with Crippen LogP contribution in [0.1, 0.15) is 34.1 Å². The minimum Gasteiger partial charge on any atom is -0.444 e. The molecule has 0 aliphatic carbocycles. The SMILES string of the molecule is CCCNC(=O)CNC1=NCC2CN(C(=O)OC(C)(C)C)CCN12. The molecule has 0 aromatic carbocycles. The summed E-state index contributed by atoms with van der Waals surface area (Å²) in [6.07, 6.45) is 0.643. The Morgan fingerprint density at radius 1 is 1.33 bits per heavy atom. The van der Waals surface area contributed by atoms with Crippen LogP contribution in [0.4, 0.5) is 4.79 Å². The maximum atomic E-state index is 12.2. The topological polar surface area (TPSA) is 86.3 Å². The van der Waals surface area contributed by atoms with Gasteiger partial charge in [0, 0.05) is 26.2 Å². The quantitative estimate of drug-likeness (QED) is 0.774. The summed E-state index contributed by atoms with van der Waals surface area (Å²) in [5.74, 6) is 0.714. The Morgan fingerprint density at radius 2 is 2.08 bits per heavy atom. The molecule has 1 saturated heterocycles. The van der Waals surface area contributed by atoms with Crippen molar-refractivity contribution in [2.24, 2.45) is 4.99 Å². The largest absolute Gasteiger partial charge is 0.444 e. The first kappa shape index (κ1) is 18.4. The third kappa shape index (κ3) is 5.01. The molecule has 1 fully saturated rings. The minimum atomic E-state index is -0.487. The van der Waals surface area contributed by atoms with E-state index >= 15 is 0 Å². The van der Waals surface area contributed by atoms with Crippen molar-refractivity contribution in [3.8, 4) is 0 Å². The number of amides is 2. The molecular weight excluding hydrogens is 310 g/mol. The fraction of sp³-hybridized carbons (Fsp3) is 0.812. The molecule has 1 atom stereocenters. The lowest BCUT2D eigenvalue weighted by Crippen LogP contribution is -2.58.